The van der Waals surface area contributed by atoms with Gasteiger partial charge in [0.05, 0.1) is 5.75 Å². The summed E-state index contributed by atoms with van der Waals surface area (Å²) in [6, 6.07) is 8.44. The van der Waals surface area contributed by atoms with Gasteiger partial charge in [-0.15, -0.1) is 0 Å². The molecule has 23 heavy (non-hydrogen) atoms. The summed E-state index contributed by atoms with van der Waals surface area (Å²) < 4.78 is 25.4. The van der Waals surface area contributed by atoms with Gasteiger partial charge in [-0.05, 0) is 29.4 Å². The van der Waals surface area contributed by atoms with Crippen LogP contribution in [0, 0.1) is 5.92 Å². The molecular weight excluding hydrogens is 312 g/mol. The third-order valence-electron chi connectivity index (χ3n) is 4.19. The van der Waals surface area contributed by atoms with Crippen molar-refractivity contribution in [2.75, 3.05) is 18.8 Å². The van der Waals surface area contributed by atoms with Crippen molar-refractivity contribution in [1.29, 1.82) is 0 Å². The molecule has 0 saturated heterocycles. The molecule has 0 radical (unpaired) electrons. The molecule has 6 heteroatoms. The summed E-state index contributed by atoms with van der Waals surface area (Å²) in [5.41, 5.74) is 2.49. The Morgan fingerprint density at radius 3 is 2.48 bits per heavy atom. The van der Waals surface area contributed by atoms with E-state index in [4.69, 9.17) is 0 Å². The van der Waals surface area contributed by atoms with Gasteiger partial charge in [0.2, 0.25) is 15.9 Å². The maximum Gasteiger partial charge on any atom is 0.223 e. The second-order valence-electron chi connectivity index (χ2n) is 6.38. The highest BCUT2D eigenvalue weighted by Crippen LogP contribution is 2.47. The Bertz CT molecular complexity index is 638. The van der Waals surface area contributed by atoms with Gasteiger partial charge < -0.3 is 5.32 Å². The molecule has 0 heterocycles. The predicted octanol–water partition coefficient (Wildman–Crippen LogP) is 1.97. The van der Waals surface area contributed by atoms with Crippen LogP contribution in [0.15, 0.2) is 24.3 Å². The van der Waals surface area contributed by atoms with E-state index in [1.807, 2.05) is 0 Å². The average Bonchev–Trinajstić information content (AvgIpc) is 3.27. The van der Waals surface area contributed by atoms with E-state index in [0.29, 0.717) is 12.5 Å². The number of nitrogens with one attached hydrogen (secondary N) is 2. The second-order valence-corrected chi connectivity index (χ2v) is 8.30. The molecule has 1 saturated carbocycles. The van der Waals surface area contributed by atoms with Crippen LogP contribution in [0.2, 0.25) is 0 Å². The zero-order valence-electron chi connectivity index (χ0n) is 14.0. The molecule has 1 amide bonds. The first-order valence-electron chi connectivity index (χ1n) is 8.19. The average molecular weight is 338 g/mol. The fourth-order valence-corrected chi connectivity index (χ4v) is 3.67. The van der Waals surface area contributed by atoms with Crippen molar-refractivity contribution < 1.29 is 13.2 Å². The van der Waals surface area contributed by atoms with Gasteiger partial charge in [-0.25, -0.2) is 13.1 Å². The molecule has 2 atom stereocenters. The zero-order chi connectivity index (χ0) is 17.0. The van der Waals surface area contributed by atoms with E-state index >= 15 is 0 Å². The first kappa shape index (κ1) is 17.9. The molecule has 0 bridgehead atoms. The second kappa shape index (κ2) is 7.45. The number of amides is 1. The van der Waals surface area contributed by atoms with E-state index in [9.17, 15) is 13.2 Å². The lowest BCUT2D eigenvalue weighted by atomic mass is 10.00. The maximum absolute atomic E-state index is 12.1. The SMILES string of the molecule is CCNS(=O)(=O)CCNC(=O)[C@@H]1C[C@H]1c1ccc(C(C)C)cc1. The van der Waals surface area contributed by atoms with E-state index < -0.39 is 10.0 Å². The molecular formula is C17H26N2O3S. The van der Waals surface area contributed by atoms with Crippen LogP contribution >= 0.6 is 0 Å². The van der Waals surface area contributed by atoms with Crippen LogP contribution in [0.1, 0.15) is 50.2 Å². The van der Waals surface area contributed by atoms with Gasteiger partial charge in [-0.1, -0.05) is 45.0 Å². The third kappa shape index (κ3) is 5.04. The third-order valence-corrected chi connectivity index (χ3v) is 5.66. The predicted molar refractivity (Wildman–Crippen MR) is 91.9 cm³/mol. The van der Waals surface area contributed by atoms with Crippen molar-refractivity contribution in [3.8, 4) is 0 Å². The van der Waals surface area contributed by atoms with Crippen molar-refractivity contribution in [3.05, 3.63) is 35.4 Å². The summed E-state index contributed by atoms with van der Waals surface area (Å²) in [4.78, 5) is 12.1. The fraction of sp³-hybridized carbons (Fsp3) is 0.588. The molecule has 2 rings (SSSR count). The van der Waals surface area contributed by atoms with Crippen LogP contribution in [0.25, 0.3) is 0 Å². The van der Waals surface area contributed by atoms with Crippen LogP contribution in [0.3, 0.4) is 0 Å². The van der Waals surface area contributed by atoms with Gasteiger partial charge in [-0.3, -0.25) is 4.79 Å². The summed E-state index contributed by atoms with van der Waals surface area (Å²) >= 11 is 0. The number of hydrogen-bond donors (Lipinski definition) is 2. The van der Waals surface area contributed by atoms with E-state index in [2.05, 4.69) is 48.2 Å². The van der Waals surface area contributed by atoms with Crippen LogP contribution in [0.5, 0.6) is 0 Å². The largest absolute Gasteiger partial charge is 0.355 e. The lowest BCUT2D eigenvalue weighted by molar-refractivity contribution is -0.122. The maximum atomic E-state index is 12.1. The van der Waals surface area contributed by atoms with E-state index in [-0.39, 0.29) is 30.0 Å². The number of hydrogen-bond acceptors (Lipinski definition) is 3. The molecule has 128 valence electrons. The molecule has 1 aliphatic rings. The van der Waals surface area contributed by atoms with Crippen molar-refractivity contribution in [1.82, 2.24) is 10.0 Å². The molecule has 0 aliphatic heterocycles. The van der Waals surface area contributed by atoms with Crippen LogP contribution in [-0.4, -0.2) is 33.2 Å². The monoisotopic (exact) mass is 338 g/mol. The summed E-state index contributed by atoms with van der Waals surface area (Å²) in [7, 11) is -3.28. The molecule has 0 spiro atoms. The standard InChI is InChI=1S/C17H26N2O3S/c1-4-19-23(21,22)10-9-18-17(20)16-11-15(16)14-7-5-13(6-8-14)12(2)3/h5-8,12,15-16,19H,4,9-11H2,1-3H3,(H,18,20)/t15-,16+/m0/s1. The Morgan fingerprint density at radius 2 is 1.91 bits per heavy atom. The van der Waals surface area contributed by atoms with E-state index in [0.717, 1.165) is 6.42 Å². The molecule has 5 nitrogen and oxygen atoms in total. The van der Waals surface area contributed by atoms with Gasteiger partial charge in [0, 0.05) is 19.0 Å². The van der Waals surface area contributed by atoms with Crippen LogP contribution in [-0.2, 0) is 14.8 Å². The normalized spacial score (nSPS) is 20.5. The smallest absolute Gasteiger partial charge is 0.223 e. The Morgan fingerprint density at radius 1 is 1.26 bits per heavy atom. The number of benzene rings is 1. The number of sulfonamides is 1. The minimum atomic E-state index is -3.28. The summed E-state index contributed by atoms with van der Waals surface area (Å²) in [6.45, 7) is 6.57. The highest BCUT2D eigenvalue weighted by Gasteiger charge is 2.43. The highest BCUT2D eigenvalue weighted by molar-refractivity contribution is 7.89. The van der Waals surface area contributed by atoms with E-state index in [1.165, 1.54) is 11.1 Å². The van der Waals surface area contributed by atoms with Crippen molar-refractivity contribution >= 4 is 15.9 Å². The Labute approximate surface area is 138 Å². The Balaban J connectivity index is 1.80. The van der Waals surface area contributed by atoms with Gasteiger partial charge >= 0.3 is 0 Å². The van der Waals surface area contributed by atoms with Gasteiger partial charge in [0.25, 0.3) is 0 Å². The molecule has 2 N–H and O–H groups in total. The topological polar surface area (TPSA) is 75.3 Å². The van der Waals surface area contributed by atoms with Crippen molar-refractivity contribution in [2.45, 2.75) is 39.0 Å². The van der Waals surface area contributed by atoms with Gasteiger partial charge in [0.1, 0.15) is 0 Å². The summed E-state index contributed by atoms with van der Waals surface area (Å²) in [5.74, 6) is 0.617. The minimum absolute atomic E-state index is 0.0262. The minimum Gasteiger partial charge on any atom is -0.355 e. The number of carbonyl (C=O) groups excluding carboxylic acids is 1. The summed E-state index contributed by atoms with van der Waals surface area (Å²) in [6.07, 6.45) is 0.840. The lowest BCUT2D eigenvalue weighted by Gasteiger charge is -2.08. The molecule has 1 aromatic carbocycles. The van der Waals surface area contributed by atoms with Crippen LogP contribution < -0.4 is 10.0 Å². The van der Waals surface area contributed by atoms with Gasteiger partial charge in [0.15, 0.2) is 0 Å². The lowest BCUT2D eigenvalue weighted by Crippen LogP contribution is -2.35. The number of rotatable bonds is 8. The number of carbonyl (C=O) groups is 1. The molecule has 0 aromatic heterocycles. The van der Waals surface area contributed by atoms with Crippen molar-refractivity contribution in [3.63, 3.8) is 0 Å². The molecule has 0 unspecified atom stereocenters. The van der Waals surface area contributed by atoms with Crippen molar-refractivity contribution in [2.24, 2.45) is 5.92 Å². The molecule has 1 aromatic rings. The fourth-order valence-electron chi connectivity index (χ4n) is 2.71. The first-order chi connectivity index (χ1) is 10.8. The Hall–Kier alpha value is -1.40. The summed E-state index contributed by atoms with van der Waals surface area (Å²) in [5, 5.41) is 2.73. The van der Waals surface area contributed by atoms with E-state index in [1.54, 1.807) is 6.92 Å². The van der Waals surface area contributed by atoms with Gasteiger partial charge in [-0.2, -0.15) is 0 Å². The highest BCUT2D eigenvalue weighted by atomic mass is 32.2. The van der Waals surface area contributed by atoms with Crippen LogP contribution in [0.4, 0.5) is 0 Å². The quantitative estimate of drug-likeness (QED) is 0.761. The molecule has 1 aliphatic carbocycles. The zero-order valence-corrected chi connectivity index (χ0v) is 14.8. The molecule has 1 fully saturated rings. The first-order valence-corrected chi connectivity index (χ1v) is 9.84. The Kier molecular flexibility index (Phi) is 5.81.